The lowest BCUT2D eigenvalue weighted by Crippen LogP contribution is -2.46. The quantitative estimate of drug-likeness (QED) is 0.826. The number of alkyl carbamates (subject to hydrolysis) is 1. The van der Waals surface area contributed by atoms with Crippen LogP contribution < -0.4 is 15.8 Å². The van der Waals surface area contributed by atoms with Gasteiger partial charge in [-0.2, -0.15) is 11.8 Å². The molecule has 2 amide bonds. The maximum atomic E-state index is 11.8. The SMILES string of the molecule is COc1ccc(CSC[C@H](N)C(=O)NC(=O)OC(C)(C)C)cc1. The number of carbonyl (C=O) groups excluding carboxylic acids is 2. The number of rotatable bonds is 6. The van der Waals surface area contributed by atoms with Crippen molar-refractivity contribution in [1.82, 2.24) is 5.32 Å². The molecule has 0 unspecified atom stereocenters. The standard InChI is InChI=1S/C16H24N2O4S/c1-16(2,3)22-15(20)18-14(19)13(17)10-23-9-11-5-7-12(21-4)8-6-11/h5-8,13H,9-10,17H2,1-4H3,(H,18,19,20)/t13-/m0/s1. The van der Waals surface area contributed by atoms with Crippen molar-refractivity contribution in [3.05, 3.63) is 29.8 Å². The number of hydrogen-bond acceptors (Lipinski definition) is 6. The second kappa shape index (κ2) is 8.79. The van der Waals surface area contributed by atoms with E-state index >= 15 is 0 Å². The highest BCUT2D eigenvalue weighted by Gasteiger charge is 2.21. The van der Waals surface area contributed by atoms with E-state index in [1.165, 1.54) is 11.8 Å². The van der Waals surface area contributed by atoms with Crippen LogP contribution >= 0.6 is 11.8 Å². The molecule has 6 nitrogen and oxygen atoms in total. The Bertz CT molecular complexity index is 526. The Morgan fingerprint density at radius 1 is 1.26 bits per heavy atom. The second-order valence-electron chi connectivity index (χ2n) is 5.96. The second-order valence-corrected chi connectivity index (χ2v) is 6.99. The highest BCUT2D eigenvalue weighted by molar-refractivity contribution is 7.98. The van der Waals surface area contributed by atoms with Crippen LogP contribution in [-0.2, 0) is 15.3 Å². The predicted molar refractivity (Wildman–Crippen MR) is 91.5 cm³/mol. The van der Waals surface area contributed by atoms with E-state index in [0.717, 1.165) is 17.1 Å². The van der Waals surface area contributed by atoms with Crippen molar-refractivity contribution in [2.45, 2.75) is 38.2 Å². The van der Waals surface area contributed by atoms with E-state index < -0.39 is 23.6 Å². The predicted octanol–water partition coefficient (Wildman–Crippen LogP) is 2.31. The average Bonchev–Trinajstić information content (AvgIpc) is 2.45. The van der Waals surface area contributed by atoms with Crippen molar-refractivity contribution in [2.24, 2.45) is 5.73 Å². The van der Waals surface area contributed by atoms with Crippen molar-refractivity contribution in [3.63, 3.8) is 0 Å². The molecule has 0 aliphatic rings. The smallest absolute Gasteiger partial charge is 0.414 e. The first-order valence-electron chi connectivity index (χ1n) is 7.21. The third kappa shape index (κ3) is 7.90. The molecule has 0 bridgehead atoms. The number of benzene rings is 1. The first kappa shape index (κ1) is 19.3. The Hall–Kier alpha value is -1.73. The van der Waals surface area contributed by atoms with Gasteiger partial charge in [-0.15, -0.1) is 0 Å². The van der Waals surface area contributed by atoms with Crippen LogP contribution in [0.25, 0.3) is 0 Å². The van der Waals surface area contributed by atoms with Crippen LogP contribution in [0.5, 0.6) is 5.75 Å². The molecule has 0 saturated carbocycles. The number of thioether (sulfide) groups is 1. The minimum Gasteiger partial charge on any atom is -0.497 e. The Morgan fingerprint density at radius 2 is 1.87 bits per heavy atom. The van der Waals surface area contributed by atoms with Gasteiger partial charge in [-0.25, -0.2) is 4.79 Å². The normalized spacial score (nSPS) is 12.4. The highest BCUT2D eigenvalue weighted by Crippen LogP contribution is 2.17. The molecule has 1 atom stereocenters. The zero-order chi connectivity index (χ0) is 17.5. The molecule has 0 heterocycles. The maximum absolute atomic E-state index is 11.8. The summed E-state index contributed by atoms with van der Waals surface area (Å²) in [5.41, 5.74) is 6.23. The summed E-state index contributed by atoms with van der Waals surface area (Å²) in [4.78, 5) is 23.3. The van der Waals surface area contributed by atoms with E-state index in [1.807, 2.05) is 24.3 Å². The number of nitrogens with two attached hydrogens (primary N) is 1. The molecule has 0 saturated heterocycles. The lowest BCUT2D eigenvalue weighted by molar-refractivity contribution is -0.121. The molecule has 128 valence electrons. The van der Waals surface area contributed by atoms with Gasteiger partial charge < -0.3 is 15.2 Å². The average molecular weight is 340 g/mol. The molecule has 0 fully saturated rings. The molecule has 0 radical (unpaired) electrons. The summed E-state index contributed by atoms with van der Waals surface area (Å²) in [6, 6.07) is 6.90. The zero-order valence-corrected chi connectivity index (χ0v) is 14.7. The van der Waals surface area contributed by atoms with E-state index in [1.54, 1.807) is 27.9 Å². The number of nitrogens with one attached hydrogen (secondary N) is 1. The molecule has 0 aliphatic carbocycles. The van der Waals surface area contributed by atoms with E-state index in [-0.39, 0.29) is 0 Å². The van der Waals surface area contributed by atoms with Crippen molar-refractivity contribution in [1.29, 1.82) is 0 Å². The van der Waals surface area contributed by atoms with E-state index in [9.17, 15) is 9.59 Å². The summed E-state index contributed by atoms with van der Waals surface area (Å²) < 4.78 is 10.1. The van der Waals surface area contributed by atoms with Crippen molar-refractivity contribution in [2.75, 3.05) is 12.9 Å². The van der Waals surface area contributed by atoms with Crippen LogP contribution in [0.4, 0.5) is 4.79 Å². The topological polar surface area (TPSA) is 90.6 Å². The number of ether oxygens (including phenoxy) is 2. The molecule has 23 heavy (non-hydrogen) atoms. The van der Waals surface area contributed by atoms with Crippen LogP contribution in [-0.4, -0.2) is 36.5 Å². The molecule has 1 aromatic rings. The number of carbonyl (C=O) groups is 2. The number of methoxy groups -OCH3 is 1. The number of imide groups is 1. The van der Waals surface area contributed by atoms with Gasteiger partial charge in [0.1, 0.15) is 11.4 Å². The van der Waals surface area contributed by atoms with E-state index in [2.05, 4.69) is 5.32 Å². The third-order valence-electron chi connectivity index (χ3n) is 2.69. The highest BCUT2D eigenvalue weighted by atomic mass is 32.2. The molecule has 0 aromatic heterocycles. The Labute approximate surface area is 141 Å². The van der Waals surface area contributed by atoms with Crippen LogP contribution in [0.2, 0.25) is 0 Å². The minimum atomic E-state index is -0.780. The van der Waals surface area contributed by atoms with Crippen LogP contribution in [0.15, 0.2) is 24.3 Å². The van der Waals surface area contributed by atoms with Gasteiger partial charge in [0.05, 0.1) is 13.2 Å². The van der Waals surface area contributed by atoms with Gasteiger partial charge in [-0.3, -0.25) is 10.1 Å². The fraction of sp³-hybridized carbons (Fsp3) is 0.500. The fourth-order valence-electron chi connectivity index (χ4n) is 1.60. The lowest BCUT2D eigenvalue weighted by Gasteiger charge is -2.20. The monoisotopic (exact) mass is 340 g/mol. The van der Waals surface area contributed by atoms with E-state index in [4.69, 9.17) is 15.2 Å². The van der Waals surface area contributed by atoms with Gasteiger partial charge in [-0.05, 0) is 38.5 Å². The van der Waals surface area contributed by atoms with Gasteiger partial charge in [-0.1, -0.05) is 12.1 Å². The van der Waals surface area contributed by atoms with Gasteiger partial charge in [0.15, 0.2) is 0 Å². The Kier molecular flexibility index (Phi) is 7.38. The molecule has 7 heteroatoms. The zero-order valence-electron chi connectivity index (χ0n) is 13.9. The molecule has 1 rings (SSSR count). The molecule has 0 aliphatic heterocycles. The summed E-state index contributed by atoms with van der Waals surface area (Å²) in [7, 11) is 1.62. The number of amides is 2. The summed E-state index contributed by atoms with van der Waals surface area (Å²) >= 11 is 1.52. The van der Waals surface area contributed by atoms with E-state index in [0.29, 0.717) is 5.75 Å². The van der Waals surface area contributed by atoms with Gasteiger partial charge in [0.25, 0.3) is 0 Å². The number of hydrogen-bond donors (Lipinski definition) is 2. The van der Waals surface area contributed by atoms with Gasteiger partial charge in [0.2, 0.25) is 5.91 Å². The minimum absolute atomic E-state index is 0.403. The van der Waals surface area contributed by atoms with Gasteiger partial charge >= 0.3 is 6.09 Å². The first-order valence-corrected chi connectivity index (χ1v) is 8.37. The summed E-state index contributed by atoms with van der Waals surface area (Å²) in [6.07, 6.45) is -0.780. The maximum Gasteiger partial charge on any atom is 0.414 e. The molecule has 3 N–H and O–H groups in total. The molecular formula is C16H24N2O4S. The Morgan fingerprint density at radius 3 is 2.39 bits per heavy atom. The van der Waals surface area contributed by atoms with Crippen molar-refractivity contribution in [3.8, 4) is 5.75 Å². The molecular weight excluding hydrogens is 316 g/mol. The summed E-state index contributed by atoms with van der Waals surface area (Å²) in [6.45, 7) is 5.17. The first-order chi connectivity index (χ1) is 10.7. The van der Waals surface area contributed by atoms with Gasteiger partial charge in [0, 0.05) is 11.5 Å². The lowest BCUT2D eigenvalue weighted by atomic mass is 10.2. The third-order valence-corrected chi connectivity index (χ3v) is 3.82. The van der Waals surface area contributed by atoms with Crippen LogP contribution in [0, 0.1) is 0 Å². The summed E-state index contributed by atoms with van der Waals surface area (Å²) in [5, 5.41) is 2.15. The van der Waals surface area contributed by atoms with Crippen LogP contribution in [0.3, 0.4) is 0 Å². The molecule has 0 spiro atoms. The fourth-order valence-corrected chi connectivity index (χ4v) is 2.55. The van der Waals surface area contributed by atoms with Crippen molar-refractivity contribution >= 4 is 23.8 Å². The molecule has 1 aromatic carbocycles. The Balaban J connectivity index is 2.33. The summed E-state index contributed by atoms with van der Waals surface area (Å²) in [5.74, 6) is 1.38. The van der Waals surface area contributed by atoms with Crippen LogP contribution in [0.1, 0.15) is 26.3 Å². The van der Waals surface area contributed by atoms with Crippen molar-refractivity contribution < 1.29 is 19.1 Å². The largest absolute Gasteiger partial charge is 0.497 e.